The van der Waals surface area contributed by atoms with Crippen LogP contribution in [0.4, 0.5) is 13.2 Å². The number of fused-ring (bicyclic) bond motifs is 2. The number of halogens is 4. The van der Waals surface area contributed by atoms with Crippen molar-refractivity contribution in [2.24, 2.45) is 0 Å². The van der Waals surface area contributed by atoms with E-state index < -0.39 is 12.0 Å². The van der Waals surface area contributed by atoms with E-state index in [-0.39, 0.29) is 12.5 Å². The molecule has 4 rings (SSSR count). The molecule has 0 aliphatic carbocycles. The minimum atomic E-state index is -4.48. The summed E-state index contributed by atoms with van der Waals surface area (Å²) in [7, 11) is 0. The summed E-state index contributed by atoms with van der Waals surface area (Å²) in [6.45, 7) is 0.221. The van der Waals surface area contributed by atoms with Gasteiger partial charge in [-0.1, -0.05) is 0 Å². The standard InChI is InChI=1S/C13H10BrF3N6/c14-12-19-10(8-6-18-2-4-22(8)12)7-1-3-23-9(5-7)20-21-11(23)13(15,16)17/h2,4,6-7H,1,3,5H2. The zero-order chi connectivity index (χ0) is 16.2. The molecule has 6 nitrogen and oxygen atoms in total. The summed E-state index contributed by atoms with van der Waals surface area (Å²) in [5, 5.41) is 7.02. The lowest BCUT2D eigenvalue weighted by atomic mass is 9.93. The van der Waals surface area contributed by atoms with Gasteiger partial charge in [0.2, 0.25) is 5.82 Å². The molecule has 120 valence electrons. The number of imidazole rings is 1. The summed E-state index contributed by atoms with van der Waals surface area (Å²) in [5.74, 6) is -0.600. The van der Waals surface area contributed by atoms with E-state index in [4.69, 9.17) is 0 Å². The number of hydrogen-bond donors (Lipinski definition) is 0. The fourth-order valence-corrected chi connectivity index (χ4v) is 3.49. The second kappa shape index (κ2) is 5.02. The van der Waals surface area contributed by atoms with Crippen LogP contribution < -0.4 is 0 Å². The van der Waals surface area contributed by atoms with Gasteiger partial charge in [0.25, 0.3) is 0 Å². The van der Waals surface area contributed by atoms with Crippen LogP contribution in [0.1, 0.15) is 29.7 Å². The minimum Gasteiger partial charge on any atom is -0.307 e. The Balaban J connectivity index is 1.72. The van der Waals surface area contributed by atoms with Gasteiger partial charge < -0.3 is 4.57 Å². The fraction of sp³-hybridized carbons (Fsp3) is 0.385. The van der Waals surface area contributed by atoms with E-state index in [9.17, 15) is 13.2 Å². The molecule has 0 saturated heterocycles. The highest BCUT2D eigenvalue weighted by molar-refractivity contribution is 9.10. The normalized spacial score (nSPS) is 18.3. The molecule has 1 aliphatic rings. The number of aromatic nitrogens is 6. The predicted octanol–water partition coefficient (Wildman–Crippen LogP) is 2.83. The lowest BCUT2D eigenvalue weighted by molar-refractivity contribution is -0.147. The van der Waals surface area contributed by atoms with Crippen LogP contribution in [0, 0.1) is 0 Å². The first-order chi connectivity index (χ1) is 10.9. The fourth-order valence-electron chi connectivity index (χ4n) is 2.99. The molecule has 1 aliphatic heterocycles. The molecule has 1 unspecified atom stereocenters. The molecule has 3 aromatic heterocycles. The molecule has 0 N–H and O–H groups in total. The Morgan fingerprint density at radius 1 is 1.26 bits per heavy atom. The molecule has 0 bridgehead atoms. The third kappa shape index (κ3) is 2.32. The Morgan fingerprint density at radius 2 is 2.09 bits per heavy atom. The summed E-state index contributed by atoms with van der Waals surface area (Å²) >= 11 is 3.39. The van der Waals surface area contributed by atoms with E-state index in [0.29, 0.717) is 23.4 Å². The average Bonchev–Trinajstić information content (AvgIpc) is 3.08. The quantitative estimate of drug-likeness (QED) is 0.645. The zero-order valence-electron chi connectivity index (χ0n) is 11.6. The van der Waals surface area contributed by atoms with Crippen molar-refractivity contribution in [1.82, 2.24) is 29.1 Å². The topological polar surface area (TPSA) is 60.9 Å². The van der Waals surface area contributed by atoms with E-state index >= 15 is 0 Å². The molecule has 0 radical (unpaired) electrons. The predicted molar refractivity (Wildman–Crippen MR) is 76.8 cm³/mol. The summed E-state index contributed by atoms with van der Waals surface area (Å²) in [4.78, 5) is 8.60. The Morgan fingerprint density at radius 3 is 2.87 bits per heavy atom. The van der Waals surface area contributed by atoms with E-state index in [1.165, 1.54) is 0 Å². The van der Waals surface area contributed by atoms with Gasteiger partial charge in [-0.15, -0.1) is 10.2 Å². The molecule has 4 heterocycles. The summed E-state index contributed by atoms with van der Waals surface area (Å²) in [5.41, 5.74) is 1.65. The first-order valence-corrected chi connectivity index (χ1v) is 7.71. The van der Waals surface area contributed by atoms with Gasteiger partial charge in [0.15, 0.2) is 4.73 Å². The van der Waals surface area contributed by atoms with Gasteiger partial charge in [-0.3, -0.25) is 9.38 Å². The highest BCUT2D eigenvalue weighted by atomic mass is 79.9. The molecule has 0 aromatic carbocycles. The summed E-state index contributed by atoms with van der Waals surface area (Å²) in [6, 6.07) is 0. The highest BCUT2D eigenvalue weighted by Gasteiger charge is 2.40. The second-order valence-corrected chi connectivity index (χ2v) is 6.09. The third-order valence-electron chi connectivity index (χ3n) is 4.03. The van der Waals surface area contributed by atoms with Crippen LogP contribution in [0.5, 0.6) is 0 Å². The zero-order valence-corrected chi connectivity index (χ0v) is 13.2. The largest absolute Gasteiger partial charge is 0.451 e. The maximum atomic E-state index is 12.9. The summed E-state index contributed by atoms with van der Waals surface area (Å²) < 4.78 is 42.3. The van der Waals surface area contributed by atoms with Crippen molar-refractivity contribution in [3.8, 4) is 0 Å². The Hall–Kier alpha value is -1.97. The van der Waals surface area contributed by atoms with Gasteiger partial charge in [0, 0.05) is 31.3 Å². The molecular weight excluding hydrogens is 377 g/mol. The van der Waals surface area contributed by atoms with Crippen LogP contribution in [-0.2, 0) is 19.1 Å². The first kappa shape index (κ1) is 14.6. The van der Waals surface area contributed by atoms with Gasteiger partial charge in [-0.25, -0.2) is 4.98 Å². The number of nitrogens with zero attached hydrogens (tertiary/aromatic N) is 6. The van der Waals surface area contributed by atoms with Crippen molar-refractivity contribution in [1.29, 1.82) is 0 Å². The van der Waals surface area contributed by atoms with Crippen LogP contribution in [-0.4, -0.2) is 29.1 Å². The van der Waals surface area contributed by atoms with Crippen molar-refractivity contribution < 1.29 is 13.2 Å². The molecule has 10 heteroatoms. The molecule has 0 fully saturated rings. The lowest BCUT2D eigenvalue weighted by Gasteiger charge is -2.23. The molecule has 0 spiro atoms. The molecule has 1 atom stereocenters. The Labute approximate surface area is 136 Å². The minimum absolute atomic E-state index is 0.0155. The van der Waals surface area contributed by atoms with E-state index in [1.807, 2.05) is 4.40 Å². The van der Waals surface area contributed by atoms with Crippen LogP contribution >= 0.6 is 15.9 Å². The van der Waals surface area contributed by atoms with Gasteiger partial charge in [-0.2, -0.15) is 13.2 Å². The van der Waals surface area contributed by atoms with Crippen molar-refractivity contribution in [3.05, 3.63) is 40.7 Å². The van der Waals surface area contributed by atoms with Crippen LogP contribution in [0.2, 0.25) is 0 Å². The maximum Gasteiger partial charge on any atom is 0.451 e. The third-order valence-corrected chi connectivity index (χ3v) is 4.59. The highest BCUT2D eigenvalue weighted by Crippen LogP contribution is 2.35. The molecule has 0 saturated carbocycles. The van der Waals surface area contributed by atoms with Gasteiger partial charge in [0.05, 0.1) is 17.4 Å². The average molecular weight is 387 g/mol. The van der Waals surface area contributed by atoms with Crippen molar-refractivity contribution >= 4 is 21.4 Å². The Kier molecular flexibility index (Phi) is 3.19. The van der Waals surface area contributed by atoms with E-state index in [1.54, 1.807) is 18.6 Å². The van der Waals surface area contributed by atoms with Crippen molar-refractivity contribution in [2.45, 2.75) is 31.5 Å². The molecule has 23 heavy (non-hydrogen) atoms. The van der Waals surface area contributed by atoms with Crippen molar-refractivity contribution in [2.75, 3.05) is 0 Å². The van der Waals surface area contributed by atoms with Crippen LogP contribution in [0.15, 0.2) is 23.3 Å². The monoisotopic (exact) mass is 386 g/mol. The van der Waals surface area contributed by atoms with E-state index in [0.717, 1.165) is 15.8 Å². The SMILES string of the molecule is FC(F)(F)c1nnc2n1CCC(c1nc(Br)n3ccncc13)C2. The number of hydrogen-bond acceptors (Lipinski definition) is 4. The van der Waals surface area contributed by atoms with Crippen LogP contribution in [0.3, 0.4) is 0 Å². The van der Waals surface area contributed by atoms with Gasteiger partial charge in [-0.05, 0) is 22.4 Å². The lowest BCUT2D eigenvalue weighted by Crippen LogP contribution is -2.23. The molecule has 0 amide bonds. The maximum absolute atomic E-state index is 12.9. The Bertz CT molecular complexity index is 884. The second-order valence-electron chi connectivity index (χ2n) is 5.38. The number of alkyl halides is 3. The van der Waals surface area contributed by atoms with Crippen molar-refractivity contribution in [3.63, 3.8) is 0 Å². The number of rotatable bonds is 1. The summed E-state index contributed by atoms with van der Waals surface area (Å²) in [6.07, 6.45) is 1.57. The van der Waals surface area contributed by atoms with Crippen LogP contribution in [0.25, 0.3) is 5.52 Å². The van der Waals surface area contributed by atoms with Gasteiger partial charge >= 0.3 is 6.18 Å². The molecular formula is C13H10BrF3N6. The van der Waals surface area contributed by atoms with E-state index in [2.05, 4.69) is 36.1 Å². The molecule has 3 aromatic rings. The first-order valence-electron chi connectivity index (χ1n) is 6.92. The van der Waals surface area contributed by atoms with Gasteiger partial charge in [0.1, 0.15) is 5.82 Å². The smallest absolute Gasteiger partial charge is 0.307 e.